The van der Waals surface area contributed by atoms with Gasteiger partial charge in [0.25, 0.3) is 20.0 Å². The first kappa shape index (κ1) is 24.6. The highest BCUT2D eigenvalue weighted by molar-refractivity contribution is 8.12. The van der Waals surface area contributed by atoms with Gasteiger partial charge in [-0.05, 0) is 71.8 Å². The maximum Gasteiger partial charge on any atom is 0.270 e. The second-order valence-corrected chi connectivity index (χ2v) is 11.1. The summed E-state index contributed by atoms with van der Waals surface area (Å²) in [5.74, 6) is 0. The summed E-state index contributed by atoms with van der Waals surface area (Å²) in [6, 6.07) is 19.9. The molecule has 0 atom stereocenters. The standard InChI is InChI=1S/C23H16Cl2N2O4S2/c24-21-5-1-3-18(15-21)11-13-32(28,29)27(23-9-7-20(17-26)8-10-23)33(30,31)14-12-19-4-2-6-22(25)16-19/h1-16H/b13-11+,14-12+. The molecule has 0 heterocycles. The molecule has 168 valence electrons. The summed E-state index contributed by atoms with van der Waals surface area (Å²) in [6.45, 7) is 0. The number of hydrogen-bond donors (Lipinski definition) is 0. The van der Waals surface area contributed by atoms with Crippen LogP contribution in [0.25, 0.3) is 12.2 Å². The van der Waals surface area contributed by atoms with Gasteiger partial charge in [0, 0.05) is 10.0 Å². The van der Waals surface area contributed by atoms with Gasteiger partial charge in [-0.2, -0.15) is 8.97 Å². The third kappa shape index (κ3) is 6.46. The summed E-state index contributed by atoms with van der Waals surface area (Å²) in [7, 11) is -9.03. The SMILES string of the molecule is N#Cc1ccc(N(S(=O)(=O)/C=C/c2cccc(Cl)c2)S(=O)(=O)/C=C/c2cccc(Cl)c2)cc1. The largest absolute Gasteiger partial charge is 0.270 e. The van der Waals surface area contributed by atoms with Crippen molar-refractivity contribution in [3.05, 3.63) is 110 Å². The average molecular weight is 519 g/mol. The second-order valence-electron chi connectivity index (χ2n) is 6.66. The molecule has 0 fully saturated rings. The molecule has 0 bridgehead atoms. The van der Waals surface area contributed by atoms with Crippen molar-refractivity contribution in [2.75, 3.05) is 3.71 Å². The highest BCUT2D eigenvalue weighted by Gasteiger charge is 2.31. The quantitative estimate of drug-likeness (QED) is 0.401. The lowest BCUT2D eigenvalue weighted by atomic mass is 10.2. The molecule has 3 aromatic carbocycles. The van der Waals surface area contributed by atoms with Crippen molar-refractivity contribution in [3.63, 3.8) is 0 Å². The minimum atomic E-state index is -4.51. The van der Waals surface area contributed by atoms with Crippen molar-refractivity contribution in [3.8, 4) is 6.07 Å². The molecule has 0 saturated carbocycles. The summed E-state index contributed by atoms with van der Waals surface area (Å²) in [5.41, 5.74) is 1.04. The molecule has 0 aliphatic heterocycles. The first-order chi connectivity index (χ1) is 15.6. The molecule has 0 aliphatic carbocycles. The van der Waals surface area contributed by atoms with E-state index in [0.29, 0.717) is 24.9 Å². The Morgan fingerprint density at radius 3 is 1.58 bits per heavy atom. The third-order valence-corrected chi connectivity index (χ3v) is 8.25. The van der Waals surface area contributed by atoms with Gasteiger partial charge < -0.3 is 0 Å². The van der Waals surface area contributed by atoms with Crippen LogP contribution >= 0.6 is 23.2 Å². The molecule has 0 N–H and O–H groups in total. The Hall–Kier alpha value is -3.09. The Morgan fingerprint density at radius 2 is 1.18 bits per heavy atom. The highest BCUT2D eigenvalue weighted by Crippen LogP contribution is 2.26. The van der Waals surface area contributed by atoms with Gasteiger partial charge in [-0.25, -0.2) is 16.8 Å². The monoisotopic (exact) mass is 518 g/mol. The maximum atomic E-state index is 13.2. The molecule has 0 aliphatic rings. The molecule has 3 aromatic rings. The lowest BCUT2D eigenvalue weighted by molar-refractivity contribution is 0.594. The molecular formula is C23H16Cl2N2O4S2. The molecule has 0 spiro atoms. The van der Waals surface area contributed by atoms with Crippen LogP contribution in [0.3, 0.4) is 0 Å². The first-order valence-electron chi connectivity index (χ1n) is 9.29. The van der Waals surface area contributed by atoms with Crippen LogP contribution in [0.15, 0.2) is 83.6 Å². The number of nitrogens with zero attached hydrogens (tertiary/aromatic N) is 2. The minimum absolute atomic E-state index is 0.152. The molecule has 10 heteroatoms. The van der Waals surface area contributed by atoms with E-state index in [1.54, 1.807) is 36.4 Å². The van der Waals surface area contributed by atoms with E-state index < -0.39 is 20.0 Å². The second kappa shape index (κ2) is 10.2. The fraction of sp³-hybridized carbons (Fsp3) is 0. The van der Waals surface area contributed by atoms with Gasteiger partial charge in [0.05, 0.1) is 28.1 Å². The number of halogens is 2. The summed E-state index contributed by atoms with van der Waals surface area (Å²) >= 11 is 11.9. The van der Waals surface area contributed by atoms with Crippen molar-refractivity contribution >= 4 is 61.1 Å². The molecular weight excluding hydrogens is 503 g/mol. The predicted molar refractivity (Wildman–Crippen MR) is 132 cm³/mol. The van der Waals surface area contributed by atoms with Crippen molar-refractivity contribution in [1.29, 1.82) is 5.26 Å². The Kier molecular flexibility index (Phi) is 7.61. The van der Waals surface area contributed by atoms with E-state index in [-0.39, 0.29) is 11.3 Å². The Bertz CT molecular complexity index is 1390. The van der Waals surface area contributed by atoms with E-state index in [1.807, 2.05) is 6.07 Å². The zero-order valence-electron chi connectivity index (χ0n) is 16.8. The summed E-state index contributed by atoms with van der Waals surface area (Å²) < 4.78 is 52.9. The van der Waals surface area contributed by atoms with Gasteiger partial charge in [0.15, 0.2) is 0 Å². The van der Waals surface area contributed by atoms with Crippen molar-refractivity contribution in [2.45, 2.75) is 0 Å². The average Bonchev–Trinajstić information content (AvgIpc) is 2.77. The van der Waals surface area contributed by atoms with Crippen LogP contribution in [0.5, 0.6) is 0 Å². The molecule has 3 rings (SSSR count). The smallest absolute Gasteiger partial charge is 0.201 e. The normalized spacial score (nSPS) is 12.2. The van der Waals surface area contributed by atoms with Crippen molar-refractivity contribution in [1.82, 2.24) is 0 Å². The van der Waals surface area contributed by atoms with Crippen LogP contribution in [-0.2, 0) is 20.0 Å². The fourth-order valence-corrected chi connectivity index (χ4v) is 6.32. The molecule has 6 nitrogen and oxygen atoms in total. The summed E-state index contributed by atoms with van der Waals surface area (Å²) in [6.07, 6.45) is 2.49. The number of benzene rings is 3. The van der Waals surface area contributed by atoms with Crippen LogP contribution < -0.4 is 3.71 Å². The lowest BCUT2D eigenvalue weighted by Crippen LogP contribution is -2.34. The van der Waals surface area contributed by atoms with Gasteiger partial charge in [-0.15, -0.1) is 0 Å². The fourth-order valence-electron chi connectivity index (χ4n) is 2.76. The van der Waals surface area contributed by atoms with E-state index in [2.05, 4.69) is 0 Å². The molecule has 33 heavy (non-hydrogen) atoms. The van der Waals surface area contributed by atoms with Gasteiger partial charge in [0.2, 0.25) is 0 Å². The minimum Gasteiger partial charge on any atom is -0.201 e. The van der Waals surface area contributed by atoms with Gasteiger partial charge >= 0.3 is 0 Å². The van der Waals surface area contributed by atoms with E-state index in [9.17, 15) is 16.8 Å². The van der Waals surface area contributed by atoms with Gasteiger partial charge in [-0.3, -0.25) is 0 Å². The van der Waals surface area contributed by atoms with Gasteiger partial charge in [0.1, 0.15) is 0 Å². The zero-order valence-corrected chi connectivity index (χ0v) is 20.0. The Morgan fingerprint density at radius 1 is 0.727 bits per heavy atom. The maximum absolute atomic E-state index is 13.2. The Balaban J connectivity index is 2.07. The number of nitriles is 1. The van der Waals surface area contributed by atoms with Gasteiger partial charge in [-0.1, -0.05) is 47.5 Å². The summed E-state index contributed by atoms with van der Waals surface area (Å²) in [5, 5.41) is 11.4. The number of rotatable bonds is 7. The molecule has 0 radical (unpaired) electrons. The molecule has 0 amide bonds. The predicted octanol–water partition coefficient (Wildman–Crippen LogP) is 5.67. The van der Waals surface area contributed by atoms with E-state index in [0.717, 1.165) is 10.8 Å². The summed E-state index contributed by atoms with van der Waals surface area (Å²) in [4.78, 5) is 0. The van der Waals surface area contributed by atoms with Crippen LogP contribution in [-0.4, -0.2) is 16.8 Å². The first-order valence-corrected chi connectivity index (χ1v) is 13.0. The highest BCUT2D eigenvalue weighted by atomic mass is 35.5. The van der Waals surface area contributed by atoms with E-state index >= 15 is 0 Å². The number of anilines is 1. The number of hydrogen-bond acceptors (Lipinski definition) is 5. The van der Waals surface area contributed by atoms with Crippen molar-refractivity contribution < 1.29 is 16.8 Å². The Labute approximate surface area is 202 Å². The lowest BCUT2D eigenvalue weighted by Gasteiger charge is -2.20. The molecule has 0 saturated heterocycles. The van der Waals surface area contributed by atoms with Crippen LogP contribution in [0, 0.1) is 11.3 Å². The van der Waals surface area contributed by atoms with E-state index in [1.165, 1.54) is 48.6 Å². The molecule has 0 unspecified atom stereocenters. The zero-order chi connectivity index (χ0) is 24.1. The van der Waals surface area contributed by atoms with Crippen LogP contribution in [0.2, 0.25) is 10.0 Å². The van der Waals surface area contributed by atoms with E-state index in [4.69, 9.17) is 28.5 Å². The van der Waals surface area contributed by atoms with Crippen molar-refractivity contribution in [2.24, 2.45) is 0 Å². The third-order valence-electron chi connectivity index (χ3n) is 4.23. The van der Waals surface area contributed by atoms with Crippen LogP contribution in [0.1, 0.15) is 16.7 Å². The molecule has 0 aromatic heterocycles. The van der Waals surface area contributed by atoms with Crippen LogP contribution in [0.4, 0.5) is 5.69 Å². The topological polar surface area (TPSA) is 95.3 Å². The number of sulfonamides is 2.